The first-order valence-corrected chi connectivity index (χ1v) is 8.92. The van der Waals surface area contributed by atoms with E-state index in [1.54, 1.807) is 48.5 Å². The lowest BCUT2D eigenvalue weighted by molar-refractivity contribution is -0.113. The van der Waals surface area contributed by atoms with Gasteiger partial charge in [-0.15, -0.1) is 0 Å². The maximum atomic E-state index is 12.0. The molecule has 0 unspecified atom stereocenters. The van der Waals surface area contributed by atoms with Crippen molar-refractivity contribution in [3.63, 3.8) is 0 Å². The fourth-order valence-corrected chi connectivity index (χ4v) is 3.34. The van der Waals surface area contributed by atoms with E-state index in [9.17, 15) is 13.2 Å². The average molecular weight is 358 g/mol. The summed E-state index contributed by atoms with van der Waals surface area (Å²) in [5.74, 6) is -1.38. The number of halogens is 2. The summed E-state index contributed by atoms with van der Waals surface area (Å²) in [6.45, 7) is 0. The summed E-state index contributed by atoms with van der Waals surface area (Å²) in [4.78, 5) is 11.8. The van der Waals surface area contributed by atoms with Crippen LogP contribution in [0.2, 0.25) is 10.0 Å². The molecule has 7 heteroatoms. The van der Waals surface area contributed by atoms with Crippen LogP contribution < -0.4 is 5.32 Å². The van der Waals surface area contributed by atoms with Crippen LogP contribution in [0, 0.1) is 0 Å². The minimum absolute atomic E-state index is 0.210. The topological polar surface area (TPSA) is 63.2 Å². The Labute approximate surface area is 139 Å². The van der Waals surface area contributed by atoms with Crippen molar-refractivity contribution < 1.29 is 13.2 Å². The highest BCUT2D eigenvalue weighted by molar-refractivity contribution is 7.91. The lowest BCUT2D eigenvalue weighted by atomic mass is 10.2. The van der Waals surface area contributed by atoms with E-state index in [4.69, 9.17) is 23.2 Å². The smallest absolute Gasteiger partial charge is 0.239 e. The zero-order valence-corrected chi connectivity index (χ0v) is 13.8. The van der Waals surface area contributed by atoms with E-state index >= 15 is 0 Å². The average Bonchev–Trinajstić information content (AvgIpc) is 2.43. The summed E-state index contributed by atoms with van der Waals surface area (Å²) < 4.78 is 24.0. The van der Waals surface area contributed by atoms with Gasteiger partial charge in [0.05, 0.1) is 5.75 Å². The molecule has 2 aromatic carbocycles. The Morgan fingerprint density at radius 3 is 1.95 bits per heavy atom. The molecule has 2 aromatic rings. The van der Waals surface area contributed by atoms with Crippen LogP contribution >= 0.6 is 23.2 Å². The lowest BCUT2D eigenvalue weighted by Crippen LogP contribution is -2.23. The third-order valence-electron chi connectivity index (χ3n) is 2.78. The number of rotatable bonds is 5. The molecule has 116 valence electrons. The third kappa shape index (κ3) is 5.33. The Balaban J connectivity index is 1.97. The van der Waals surface area contributed by atoms with E-state index in [0.29, 0.717) is 21.3 Å². The van der Waals surface area contributed by atoms with E-state index in [1.807, 2.05) is 0 Å². The Kier molecular flexibility index (Phi) is 5.45. The Morgan fingerprint density at radius 1 is 0.909 bits per heavy atom. The Hall–Kier alpha value is -1.56. The van der Waals surface area contributed by atoms with Gasteiger partial charge in [0.15, 0.2) is 9.84 Å². The number of hydrogen-bond donors (Lipinski definition) is 1. The predicted octanol–water partition coefficient (Wildman–Crippen LogP) is 3.55. The van der Waals surface area contributed by atoms with Gasteiger partial charge in [-0.2, -0.15) is 0 Å². The number of hydrogen-bond acceptors (Lipinski definition) is 3. The molecule has 0 aliphatic rings. The molecule has 0 spiro atoms. The van der Waals surface area contributed by atoms with Crippen molar-refractivity contribution >= 4 is 44.6 Å². The van der Waals surface area contributed by atoms with Crippen LogP contribution in [0.25, 0.3) is 0 Å². The van der Waals surface area contributed by atoms with Crippen LogP contribution in [0.1, 0.15) is 5.56 Å². The van der Waals surface area contributed by atoms with Gasteiger partial charge in [0.1, 0.15) is 5.75 Å². The molecule has 0 aliphatic carbocycles. The first-order valence-electron chi connectivity index (χ1n) is 6.34. The largest absolute Gasteiger partial charge is 0.325 e. The van der Waals surface area contributed by atoms with Crippen LogP contribution in [0.3, 0.4) is 0 Å². The maximum absolute atomic E-state index is 12.0. The van der Waals surface area contributed by atoms with Crippen molar-refractivity contribution in [1.29, 1.82) is 0 Å². The molecule has 0 radical (unpaired) electrons. The van der Waals surface area contributed by atoms with Crippen molar-refractivity contribution in [2.45, 2.75) is 5.75 Å². The van der Waals surface area contributed by atoms with E-state index in [0.717, 1.165) is 0 Å². The van der Waals surface area contributed by atoms with Crippen molar-refractivity contribution in [3.05, 3.63) is 64.1 Å². The SMILES string of the molecule is O=C(CS(=O)(=O)Cc1ccc(Cl)cc1)Nc1ccc(Cl)cc1. The normalized spacial score (nSPS) is 11.2. The molecule has 4 nitrogen and oxygen atoms in total. The quantitative estimate of drug-likeness (QED) is 0.889. The summed E-state index contributed by atoms with van der Waals surface area (Å²) in [6.07, 6.45) is 0. The number of nitrogens with one attached hydrogen (secondary N) is 1. The highest BCUT2D eigenvalue weighted by atomic mass is 35.5. The van der Waals surface area contributed by atoms with Crippen molar-refractivity contribution in [1.82, 2.24) is 0 Å². The molecule has 1 N–H and O–H groups in total. The maximum Gasteiger partial charge on any atom is 0.239 e. The molecule has 0 fully saturated rings. The molecule has 0 atom stereocenters. The highest BCUT2D eigenvalue weighted by Gasteiger charge is 2.17. The van der Waals surface area contributed by atoms with E-state index in [1.165, 1.54) is 0 Å². The summed E-state index contributed by atoms with van der Waals surface area (Å²) >= 11 is 11.5. The van der Waals surface area contributed by atoms with Crippen LogP contribution in [-0.2, 0) is 20.4 Å². The van der Waals surface area contributed by atoms with Gasteiger partial charge in [0.2, 0.25) is 5.91 Å². The molecular formula is C15H13Cl2NO3S. The number of benzene rings is 2. The van der Waals surface area contributed by atoms with Crippen LogP contribution in [0.15, 0.2) is 48.5 Å². The first-order chi connectivity index (χ1) is 10.3. The van der Waals surface area contributed by atoms with Gasteiger partial charge in [-0.25, -0.2) is 8.42 Å². The van der Waals surface area contributed by atoms with Gasteiger partial charge in [-0.1, -0.05) is 35.3 Å². The monoisotopic (exact) mass is 357 g/mol. The Morgan fingerprint density at radius 2 is 1.41 bits per heavy atom. The van der Waals surface area contributed by atoms with Gasteiger partial charge < -0.3 is 5.32 Å². The Bertz CT molecular complexity index is 756. The number of amides is 1. The number of carbonyl (C=O) groups is 1. The fourth-order valence-electron chi connectivity index (χ4n) is 1.82. The molecule has 0 bridgehead atoms. The van der Waals surface area contributed by atoms with E-state index < -0.39 is 21.5 Å². The molecule has 2 rings (SSSR count). The number of sulfone groups is 1. The van der Waals surface area contributed by atoms with Crippen molar-refractivity contribution in [2.24, 2.45) is 0 Å². The second-order valence-electron chi connectivity index (χ2n) is 4.71. The van der Waals surface area contributed by atoms with Crippen molar-refractivity contribution in [3.8, 4) is 0 Å². The predicted molar refractivity (Wildman–Crippen MR) is 89.0 cm³/mol. The van der Waals surface area contributed by atoms with Gasteiger partial charge in [0.25, 0.3) is 0 Å². The molecule has 0 heterocycles. The van der Waals surface area contributed by atoms with Crippen LogP contribution in [-0.4, -0.2) is 20.1 Å². The zero-order chi connectivity index (χ0) is 16.2. The lowest BCUT2D eigenvalue weighted by Gasteiger charge is -2.07. The first kappa shape index (κ1) is 16.8. The van der Waals surface area contributed by atoms with Gasteiger partial charge in [-0.3, -0.25) is 4.79 Å². The van der Waals surface area contributed by atoms with Crippen LogP contribution in [0.5, 0.6) is 0 Å². The molecular weight excluding hydrogens is 345 g/mol. The molecule has 0 saturated heterocycles. The molecule has 0 aromatic heterocycles. The third-order valence-corrected chi connectivity index (χ3v) is 4.76. The minimum Gasteiger partial charge on any atom is -0.325 e. The summed E-state index contributed by atoms with van der Waals surface area (Å²) in [5.41, 5.74) is 1.08. The summed E-state index contributed by atoms with van der Waals surface area (Å²) in [6, 6.07) is 12.9. The second-order valence-corrected chi connectivity index (χ2v) is 7.65. The summed E-state index contributed by atoms with van der Waals surface area (Å²) in [5, 5.41) is 3.59. The molecule has 0 saturated carbocycles. The standard InChI is InChI=1S/C15H13Cl2NO3S/c16-12-3-1-11(2-4-12)9-22(20,21)10-15(19)18-14-7-5-13(17)6-8-14/h1-8H,9-10H2,(H,18,19). The molecule has 1 amide bonds. The minimum atomic E-state index is -3.56. The number of carbonyl (C=O) groups excluding carboxylic acids is 1. The second kappa shape index (κ2) is 7.13. The molecule has 22 heavy (non-hydrogen) atoms. The summed E-state index contributed by atoms with van der Waals surface area (Å²) in [7, 11) is -3.56. The van der Waals surface area contributed by atoms with E-state index in [-0.39, 0.29) is 5.75 Å². The van der Waals surface area contributed by atoms with Gasteiger partial charge >= 0.3 is 0 Å². The van der Waals surface area contributed by atoms with Crippen LogP contribution in [0.4, 0.5) is 5.69 Å². The van der Waals surface area contributed by atoms with Gasteiger partial charge in [0, 0.05) is 15.7 Å². The van der Waals surface area contributed by atoms with Gasteiger partial charge in [-0.05, 0) is 42.0 Å². The van der Waals surface area contributed by atoms with Crippen molar-refractivity contribution in [2.75, 3.05) is 11.1 Å². The number of anilines is 1. The molecule has 0 aliphatic heterocycles. The highest BCUT2D eigenvalue weighted by Crippen LogP contribution is 2.15. The fraction of sp³-hybridized carbons (Fsp3) is 0.133. The zero-order valence-electron chi connectivity index (χ0n) is 11.4. The van der Waals surface area contributed by atoms with E-state index in [2.05, 4.69) is 5.32 Å².